The van der Waals surface area contributed by atoms with Gasteiger partial charge in [-0.05, 0) is 42.3 Å². The molecule has 1 amide bonds. The number of hydrogen-bond acceptors (Lipinski definition) is 2. The number of anilines is 1. The third kappa shape index (κ3) is 3.58. The average Bonchev–Trinajstić information content (AvgIpc) is 2.36. The summed E-state index contributed by atoms with van der Waals surface area (Å²) < 4.78 is 0.900. The molecule has 4 heteroatoms. The average molecular weight is 319 g/mol. The van der Waals surface area contributed by atoms with E-state index in [1.807, 2.05) is 43.3 Å². The molecule has 0 aromatic heterocycles. The lowest BCUT2D eigenvalue weighted by molar-refractivity contribution is 0.0951. The summed E-state index contributed by atoms with van der Waals surface area (Å²) in [6.07, 6.45) is 0. The second-order valence-corrected chi connectivity index (χ2v) is 5.31. The third-order valence-electron chi connectivity index (χ3n) is 2.80. The van der Waals surface area contributed by atoms with E-state index in [2.05, 4.69) is 21.2 Å². The maximum absolute atomic E-state index is 12.1. The quantitative estimate of drug-likeness (QED) is 0.853. The number of carbonyl (C=O) groups excluding carboxylic acids is 1. The molecule has 0 aliphatic carbocycles. The number of benzene rings is 2. The number of halogens is 1. The molecule has 0 saturated heterocycles. The largest absolute Gasteiger partial charge is 0.398 e. The van der Waals surface area contributed by atoms with Gasteiger partial charge in [0.2, 0.25) is 0 Å². The monoisotopic (exact) mass is 318 g/mol. The Morgan fingerprint density at radius 2 is 2.00 bits per heavy atom. The molecule has 0 bridgehead atoms. The molecule has 98 valence electrons. The van der Waals surface area contributed by atoms with E-state index in [4.69, 9.17) is 5.73 Å². The molecule has 0 heterocycles. The Balaban J connectivity index is 2.08. The van der Waals surface area contributed by atoms with Gasteiger partial charge in [0.25, 0.3) is 5.91 Å². The van der Waals surface area contributed by atoms with E-state index in [9.17, 15) is 4.79 Å². The highest BCUT2D eigenvalue weighted by atomic mass is 79.9. The number of hydrogen-bond donors (Lipinski definition) is 2. The molecule has 0 spiro atoms. The minimum absolute atomic E-state index is 0.104. The van der Waals surface area contributed by atoms with Gasteiger partial charge in [-0.3, -0.25) is 4.79 Å². The highest BCUT2D eigenvalue weighted by Gasteiger charge is 2.07. The third-order valence-corrected chi connectivity index (χ3v) is 3.26. The molecule has 0 aliphatic heterocycles. The maximum Gasteiger partial charge on any atom is 0.251 e. The number of nitrogens with two attached hydrogens (primary N) is 1. The van der Waals surface area contributed by atoms with Crippen molar-refractivity contribution in [1.29, 1.82) is 0 Å². The summed E-state index contributed by atoms with van der Waals surface area (Å²) in [7, 11) is 0. The molecular weight excluding hydrogens is 304 g/mol. The lowest BCUT2D eigenvalue weighted by Gasteiger charge is -2.08. The van der Waals surface area contributed by atoms with Gasteiger partial charge >= 0.3 is 0 Å². The van der Waals surface area contributed by atoms with Crippen LogP contribution in [0.15, 0.2) is 46.9 Å². The van der Waals surface area contributed by atoms with Crippen LogP contribution < -0.4 is 11.1 Å². The van der Waals surface area contributed by atoms with Gasteiger partial charge in [0.1, 0.15) is 0 Å². The van der Waals surface area contributed by atoms with Crippen LogP contribution in [0, 0.1) is 6.92 Å². The Labute approximate surface area is 121 Å². The predicted molar refractivity (Wildman–Crippen MR) is 80.9 cm³/mol. The molecule has 2 rings (SSSR count). The van der Waals surface area contributed by atoms with E-state index in [0.29, 0.717) is 17.8 Å². The standard InChI is InChI=1S/C15H15BrN2O/c1-10-6-12(8-13(16)7-10)15(19)18-9-11-4-2-3-5-14(11)17/h2-8H,9,17H2,1H3,(H,18,19). The van der Waals surface area contributed by atoms with Crippen LogP contribution in [0.2, 0.25) is 0 Å². The Morgan fingerprint density at radius 1 is 1.26 bits per heavy atom. The number of rotatable bonds is 3. The van der Waals surface area contributed by atoms with Crippen molar-refractivity contribution in [2.24, 2.45) is 0 Å². The molecule has 3 nitrogen and oxygen atoms in total. The summed E-state index contributed by atoms with van der Waals surface area (Å²) >= 11 is 3.39. The highest BCUT2D eigenvalue weighted by Crippen LogP contribution is 2.16. The van der Waals surface area contributed by atoms with Crippen LogP contribution in [0.25, 0.3) is 0 Å². The minimum Gasteiger partial charge on any atom is -0.398 e. The fraction of sp³-hybridized carbons (Fsp3) is 0.133. The number of nitrogen functional groups attached to an aromatic ring is 1. The van der Waals surface area contributed by atoms with Crippen molar-refractivity contribution in [3.05, 3.63) is 63.6 Å². The number of amides is 1. The number of nitrogens with one attached hydrogen (secondary N) is 1. The van der Waals surface area contributed by atoms with Gasteiger partial charge in [0.05, 0.1) is 0 Å². The Morgan fingerprint density at radius 3 is 2.68 bits per heavy atom. The van der Waals surface area contributed by atoms with Gasteiger partial charge < -0.3 is 11.1 Å². The second kappa shape index (κ2) is 5.89. The molecule has 2 aromatic rings. The first-order chi connectivity index (χ1) is 9.06. The highest BCUT2D eigenvalue weighted by molar-refractivity contribution is 9.10. The molecule has 19 heavy (non-hydrogen) atoms. The number of aryl methyl sites for hydroxylation is 1. The van der Waals surface area contributed by atoms with E-state index < -0.39 is 0 Å². The molecular formula is C15H15BrN2O. The van der Waals surface area contributed by atoms with E-state index in [1.165, 1.54) is 0 Å². The molecule has 0 unspecified atom stereocenters. The van der Waals surface area contributed by atoms with Gasteiger partial charge in [0, 0.05) is 22.3 Å². The molecule has 0 saturated carbocycles. The van der Waals surface area contributed by atoms with Crippen LogP contribution in [0.3, 0.4) is 0 Å². The second-order valence-electron chi connectivity index (χ2n) is 4.40. The van der Waals surface area contributed by atoms with Crippen molar-refractivity contribution in [3.8, 4) is 0 Å². The smallest absolute Gasteiger partial charge is 0.251 e. The van der Waals surface area contributed by atoms with Crippen molar-refractivity contribution in [2.45, 2.75) is 13.5 Å². The van der Waals surface area contributed by atoms with Gasteiger partial charge in [-0.25, -0.2) is 0 Å². The zero-order chi connectivity index (χ0) is 13.8. The van der Waals surface area contributed by atoms with E-state index in [0.717, 1.165) is 15.6 Å². The summed E-state index contributed by atoms with van der Waals surface area (Å²) in [5, 5.41) is 2.87. The van der Waals surface area contributed by atoms with Crippen LogP contribution in [0.1, 0.15) is 21.5 Å². The van der Waals surface area contributed by atoms with Crippen molar-refractivity contribution < 1.29 is 4.79 Å². The van der Waals surface area contributed by atoms with Crippen LogP contribution in [0.5, 0.6) is 0 Å². The molecule has 0 radical (unpaired) electrons. The molecule has 3 N–H and O–H groups in total. The fourth-order valence-electron chi connectivity index (χ4n) is 1.84. The van der Waals surface area contributed by atoms with Gasteiger partial charge in [-0.1, -0.05) is 34.1 Å². The Kier molecular flexibility index (Phi) is 4.22. The SMILES string of the molecule is Cc1cc(Br)cc(C(=O)NCc2ccccc2N)c1. The lowest BCUT2D eigenvalue weighted by Crippen LogP contribution is -2.23. The topological polar surface area (TPSA) is 55.1 Å². The van der Waals surface area contributed by atoms with Gasteiger partial charge in [-0.2, -0.15) is 0 Å². The summed E-state index contributed by atoms with van der Waals surface area (Å²) in [4.78, 5) is 12.1. The van der Waals surface area contributed by atoms with Gasteiger partial charge in [-0.15, -0.1) is 0 Å². The summed E-state index contributed by atoms with van der Waals surface area (Å²) in [6.45, 7) is 2.38. The predicted octanol–water partition coefficient (Wildman–Crippen LogP) is 3.27. The molecule has 0 fully saturated rings. The van der Waals surface area contributed by atoms with Crippen LogP contribution in [0.4, 0.5) is 5.69 Å². The van der Waals surface area contributed by atoms with Crippen LogP contribution in [-0.4, -0.2) is 5.91 Å². The zero-order valence-electron chi connectivity index (χ0n) is 10.6. The Bertz CT molecular complexity index is 591. The van der Waals surface area contributed by atoms with E-state index in [-0.39, 0.29) is 5.91 Å². The van der Waals surface area contributed by atoms with Crippen molar-refractivity contribution in [2.75, 3.05) is 5.73 Å². The lowest BCUT2D eigenvalue weighted by atomic mass is 10.1. The van der Waals surface area contributed by atoms with Crippen molar-refractivity contribution >= 4 is 27.5 Å². The maximum atomic E-state index is 12.1. The fourth-order valence-corrected chi connectivity index (χ4v) is 2.45. The first-order valence-corrected chi connectivity index (χ1v) is 6.74. The summed E-state index contributed by atoms with van der Waals surface area (Å²) in [5.74, 6) is -0.104. The number of carbonyl (C=O) groups is 1. The van der Waals surface area contributed by atoms with Crippen molar-refractivity contribution in [1.82, 2.24) is 5.32 Å². The summed E-state index contributed by atoms with van der Waals surface area (Å²) in [5.41, 5.74) is 9.12. The summed E-state index contributed by atoms with van der Waals surface area (Å²) in [6, 6.07) is 13.1. The number of para-hydroxylation sites is 1. The molecule has 0 atom stereocenters. The van der Waals surface area contributed by atoms with E-state index >= 15 is 0 Å². The van der Waals surface area contributed by atoms with Crippen molar-refractivity contribution in [3.63, 3.8) is 0 Å². The molecule has 2 aromatic carbocycles. The normalized spacial score (nSPS) is 10.2. The first kappa shape index (κ1) is 13.6. The first-order valence-electron chi connectivity index (χ1n) is 5.95. The molecule has 0 aliphatic rings. The minimum atomic E-state index is -0.104. The van der Waals surface area contributed by atoms with Crippen LogP contribution >= 0.6 is 15.9 Å². The zero-order valence-corrected chi connectivity index (χ0v) is 12.2. The Hall–Kier alpha value is -1.81. The van der Waals surface area contributed by atoms with Gasteiger partial charge in [0.15, 0.2) is 0 Å². The van der Waals surface area contributed by atoms with E-state index in [1.54, 1.807) is 6.07 Å². The van der Waals surface area contributed by atoms with Crippen LogP contribution in [-0.2, 0) is 6.54 Å².